The fourth-order valence-electron chi connectivity index (χ4n) is 3.55. The van der Waals surface area contributed by atoms with Crippen LogP contribution in [0, 0.1) is 0 Å². The normalized spacial score (nSPS) is 16.1. The van der Waals surface area contributed by atoms with Gasteiger partial charge in [0.25, 0.3) is 5.91 Å². The Bertz CT molecular complexity index is 934. The summed E-state index contributed by atoms with van der Waals surface area (Å²) in [5.74, 6) is -0.940. The maximum Gasteiger partial charge on any atom is 0.312 e. The van der Waals surface area contributed by atoms with Gasteiger partial charge in [-0.25, -0.2) is 4.79 Å². The number of carbonyl (C=O) groups is 3. The molecule has 0 fully saturated rings. The Kier molecular flexibility index (Phi) is 6.39. The van der Waals surface area contributed by atoms with E-state index in [-0.39, 0.29) is 25.0 Å². The standard InChI is InChI=1S/C21H22ClN3O4/c1-13-10-14-6-2-5-9-18(14)25(13)19(26)12-29-20(27)11-17(24-21(23)28)15-7-3-4-8-16(15)22/h2-9,13,17H,10-12H2,1H3,(H3,23,24,28). The molecule has 2 aromatic carbocycles. The second-order valence-corrected chi connectivity index (χ2v) is 7.30. The molecule has 0 aromatic heterocycles. The van der Waals surface area contributed by atoms with Gasteiger partial charge in [0.2, 0.25) is 0 Å². The number of carbonyl (C=O) groups excluding carboxylic acids is 3. The van der Waals surface area contributed by atoms with E-state index in [2.05, 4.69) is 5.32 Å². The fraction of sp³-hybridized carbons (Fsp3) is 0.286. The van der Waals surface area contributed by atoms with Crippen LogP contribution in [-0.4, -0.2) is 30.6 Å². The Morgan fingerprint density at radius 3 is 2.62 bits per heavy atom. The molecule has 1 aliphatic rings. The minimum absolute atomic E-state index is 0.00833. The number of rotatable bonds is 6. The number of esters is 1. The maximum atomic E-state index is 12.6. The molecule has 0 aliphatic carbocycles. The Morgan fingerprint density at radius 2 is 1.90 bits per heavy atom. The third kappa shape index (κ3) is 4.86. The highest BCUT2D eigenvalue weighted by Gasteiger charge is 2.31. The molecule has 3 N–H and O–H groups in total. The highest BCUT2D eigenvalue weighted by molar-refractivity contribution is 6.31. The van der Waals surface area contributed by atoms with Crippen LogP contribution in [0.5, 0.6) is 0 Å². The van der Waals surface area contributed by atoms with Gasteiger partial charge in [-0.05, 0) is 36.6 Å². The van der Waals surface area contributed by atoms with E-state index in [1.54, 1.807) is 29.2 Å². The van der Waals surface area contributed by atoms with Gasteiger partial charge in [-0.15, -0.1) is 0 Å². The van der Waals surface area contributed by atoms with Crippen LogP contribution in [0.15, 0.2) is 48.5 Å². The van der Waals surface area contributed by atoms with E-state index >= 15 is 0 Å². The number of halogens is 1. The number of urea groups is 1. The molecule has 0 radical (unpaired) electrons. The summed E-state index contributed by atoms with van der Waals surface area (Å²) in [6.45, 7) is 1.56. The van der Waals surface area contributed by atoms with Gasteiger partial charge in [-0.3, -0.25) is 9.59 Å². The summed E-state index contributed by atoms with van der Waals surface area (Å²) in [7, 11) is 0. The molecule has 3 amide bonds. The van der Waals surface area contributed by atoms with Crippen LogP contribution in [0.4, 0.5) is 10.5 Å². The lowest BCUT2D eigenvalue weighted by Crippen LogP contribution is -2.39. The van der Waals surface area contributed by atoms with E-state index in [0.29, 0.717) is 10.6 Å². The number of nitrogens with one attached hydrogen (secondary N) is 1. The minimum Gasteiger partial charge on any atom is -0.455 e. The van der Waals surface area contributed by atoms with Crippen molar-refractivity contribution < 1.29 is 19.1 Å². The highest BCUT2D eigenvalue weighted by atomic mass is 35.5. The van der Waals surface area contributed by atoms with E-state index in [9.17, 15) is 14.4 Å². The molecular weight excluding hydrogens is 394 g/mol. The second kappa shape index (κ2) is 8.96. The summed E-state index contributed by atoms with van der Waals surface area (Å²) in [5, 5.41) is 2.88. The number of para-hydroxylation sites is 1. The number of nitrogens with two attached hydrogens (primary N) is 1. The van der Waals surface area contributed by atoms with Crippen molar-refractivity contribution in [2.75, 3.05) is 11.5 Å². The Morgan fingerprint density at radius 1 is 1.21 bits per heavy atom. The van der Waals surface area contributed by atoms with Crippen LogP contribution >= 0.6 is 11.6 Å². The number of hydrogen-bond acceptors (Lipinski definition) is 4. The number of benzene rings is 2. The lowest BCUT2D eigenvalue weighted by atomic mass is 10.0. The predicted octanol–water partition coefficient (Wildman–Crippen LogP) is 2.96. The van der Waals surface area contributed by atoms with Gasteiger partial charge >= 0.3 is 12.0 Å². The molecule has 3 rings (SSSR count). The zero-order chi connectivity index (χ0) is 21.0. The van der Waals surface area contributed by atoms with Crippen molar-refractivity contribution in [2.45, 2.75) is 31.8 Å². The van der Waals surface area contributed by atoms with E-state index in [1.165, 1.54) is 0 Å². The van der Waals surface area contributed by atoms with Crippen LogP contribution < -0.4 is 16.0 Å². The zero-order valence-electron chi connectivity index (χ0n) is 15.9. The van der Waals surface area contributed by atoms with Crippen molar-refractivity contribution in [1.29, 1.82) is 0 Å². The molecule has 152 valence electrons. The first kappa shape index (κ1) is 20.7. The van der Waals surface area contributed by atoms with Gasteiger partial charge < -0.3 is 20.7 Å². The van der Waals surface area contributed by atoms with Gasteiger partial charge in [0.1, 0.15) is 0 Å². The first-order valence-electron chi connectivity index (χ1n) is 9.22. The van der Waals surface area contributed by atoms with Gasteiger partial charge in [0.05, 0.1) is 12.5 Å². The SMILES string of the molecule is CC1Cc2ccccc2N1C(=O)COC(=O)CC(NC(N)=O)c1ccccc1Cl. The van der Waals surface area contributed by atoms with Crippen molar-refractivity contribution in [3.8, 4) is 0 Å². The molecule has 1 aliphatic heterocycles. The van der Waals surface area contributed by atoms with Crippen LogP contribution in [0.2, 0.25) is 5.02 Å². The molecule has 2 atom stereocenters. The third-order valence-electron chi connectivity index (χ3n) is 4.80. The molecule has 29 heavy (non-hydrogen) atoms. The monoisotopic (exact) mass is 415 g/mol. The molecule has 1 heterocycles. The molecule has 0 saturated carbocycles. The number of ether oxygens (including phenoxy) is 1. The molecule has 8 heteroatoms. The smallest absolute Gasteiger partial charge is 0.312 e. The quantitative estimate of drug-likeness (QED) is 0.708. The van der Waals surface area contributed by atoms with Gasteiger partial charge in [-0.2, -0.15) is 0 Å². The number of anilines is 1. The molecule has 2 aromatic rings. The average molecular weight is 416 g/mol. The van der Waals surface area contributed by atoms with Crippen molar-refractivity contribution in [2.24, 2.45) is 5.73 Å². The van der Waals surface area contributed by atoms with E-state index in [1.807, 2.05) is 31.2 Å². The largest absolute Gasteiger partial charge is 0.455 e. The maximum absolute atomic E-state index is 12.6. The number of hydrogen-bond donors (Lipinski definition) is 2. The van der Waals surface area contributed by atoms with E-state index in [4.69, 9.17) is 22.1 Å². The summed E-state index contributed by atoms with van der Waals surface area (Å²) in [6, 6.07) is 12.9. The van der Waals surface area contributed by atoms with Crippen LogP contribution in [-0.2, 0) is 20.7 Å². The van der Waals surface area contributed by atoms with Crippen LogP contribution in [0.3, 0.4) is 0 Å². The summed E-state index contributed by atoms with van der Waals surface area (Å²) < 4.78 is 5.19. The lowest BCUT2D eigenvalue weighted by molar-refractivity contribution is -0.148. The summed E-state index contributed by atoms with van der Waals surface area (Å²) in [4.78, 5) is 38.0. The highest BCUT2D eigenvalue weighted by Crippen LogP contribution is 2.32. The fourth-order valence-corrected chi connectivity index (χ4v) is 3.82. The number of amides is 3. The third-order valence-corrected chi connectivity index (χ3v) is 5.14. The molecule has 0 bridgehead atoms. The van der Waals surface area contributed by atoms with Gasteiger partial charge in [0, 0.05) is 16.8 Å². The average Bonchev–Trinajstić information content (AvgIpc) is 3.01. The first-order chi connectivity index (χ1) is 13.9. The first-order valence-corrected chi connectivity index (χ1v) is 9.60. The van der Waals surface area contributed by atoms with E-state index < -0.39 is 18.0 Å². The van der Waals surface area contributed by atoms with Gasteiger partial charge in [-0.1, -0.05) is 48.0 Å². The topological polar surface area (TPSA) is 102 Å². The molecular formula is C21H22ClN3O4. The molecule has 7 nitrogen and oxygen atoms in total. The predicted molar refractivity (Wildman–Crippen MR) is 110 cm³/mol. The molecule has 0 spiro atoms. The summed E-state index contributed by atoms with van der Waals surface area (Å²) in [5.41, 5.74) is 7.68. The van der Waals surface area contributed by atoms with Gasteiger partial charge in [0.15, 0.2) is 6.61 Å². The lowest BCUT2D eigenvalue weighted by Gasteiger charge is -2.23. The number of nitrogens with zero attached hydrogens (tertiary/aromatic N) is 1. The molecule has 2 unspecified atom stereocenters. The van der Waals surface area contributed by atoms with Crippen LogP contribution in [0.25, 0.3) is 0 Å². The van der Waals surface area contributed by atoms with Crippen molar-refractivity contribution in [1.82, 2.24) is 5.32 Å². The molecule has 0 saturated heterocycles. The second-order valence-electron chi connectivity index (χ2n) is 6.89. The van der Waals surface area contributed by atoms with Crippen molar-refractivity contribution in [3.05, 3.63) is 64.7 Å². The zero-order valence-corrected chi connectivity index (χ0v) is 16.7. The summed E-state index contributed by atoms with van der Waals surface area (Å²) in [6.07, 6.45) is 0.555. The van der Waals surface area contributed by atoms with Crippen molar-refractivity contribution in [3.63, 3.8) is 0 Å². The summed E-state index contributed by atoms with van der Waals surface area (Å²) >= 11 is 6.16. The minimum atomic E-state index is -0.790. The Labute approximate surface area is 173 Å². The van der Waals surface area contributed by atoms with E-state index in [0.717, 1.165) is 17.7 Å². The van der Waals surface area contributed by atoms with Crippen molar-refractivity contribution >= 4 is 35.2 Å². The number of fused-ring (bicyclic) bond motifs is 1. The Balaban J connectivity index is 1.63. The Hall–Kier alpha value is -3.06. The number of primary amides is 1. The van der Waals surface area contributed by atoms with Crippen LogP contribution in [0.1, 0.15) is 30.5 Å².